The molecule has 0 atom stereocenters. The van der Waals surface area contributed by atoms with E-state index in [1.54, 1.807) is 6.07 Å². The second-order valence-electron chi connectivity index (χ2n) is 4.49. The minimum absolute atomic E-state index is 0.0692. The van der Waals surface area contributed by atoms with Gasteiger partial charge in [0.1, 0.15) is 5.82 Å². The van der Waals surface area contributed by atoms with E-state index < -0.39 is 5.97 Å². The number of aromatic nitrogens is 2. The number of esters is 1. The molecule has 0 radical (unpaired) electrons. The number of rotatable bonds is 4. The predicted octanol–water partition coefficient (Wildman–Crippen LogP) is 2.49. The normalized spacial score (nSPS) is 10.2. The molecule has 2 aromatic rings. The quantitative estimate of drug-likeness (QED) is 0.865. The second-order valence-corrected chi connectivity index (χ2v) is 4.49. The Hall–Kier alpha value is -2.43. The number of ether oxygens (including phenoxy) is 1. The fourth-order valence-electron chi connectivity index (χ4n) is 1.84. The van der Waals surface area contributed by atoms with Crippen molar-refractivity contribution in [3.05, 3.63) is 53.0 Å². The Balaban J connectivity index is 2.16. The molecule has 0 aliphatic rings. The fraction of sp³-hybridized carbons (Fsp3) is 0.267. The molecule has 0 aliphatic carbocycles. The van der Waals surface area contributed by atoms with Crippen LogP contribution in [0.3, 0.4) is 0 Å². The number of nitrogens with one attached hydrogen (secondary N) is 1. The van der Waals surface area contributed by atoms with Gasteiger partial charge in [0.15, 0.2) is 0 Å². The number of methoxy groups -OCH3 is 1. The number of hydrogen-bond donors (Lipinski definition) is 1. The molecule has 1 heterocycles. The largest absolute Gasteiger partial charge is 0.463 e. The Kier molecular flexibility index (Phi) is 4.30. The van der Waals surface area contributed by atoms with Gasteiger partial charge in [-0.2, -0.15) is 0 Å². The molecule has 5 heteroatoms. The van der Waals surface area contributed by atoms with E-state index in [0.717, 1.165) is 0 Å². The molecule has 0 aliphatic heterocycles. The lowest BCUT2D eigenvalue weighted by atomic mass is 10.1. The third-order valence-electron chi connectivity index (χ3n) is 2.94. The maximum atomic E-state index is 11.5. The number of hydrogen-bond acceptors (Lipinski definition) is 5. The van der Waals surface area contributed by atoms with Crippen molar-refractivity contribution in [3.63, 3.8) is 0 Å². The van der Waals surface area contributed by atoms with Crippen LogP contribution < -0.4 is 5.32 Å². The van der Waals surface area contributed by atoms with Crippen LogP contribution in [0.25, 0.3) is 0 Å². The maximum Gasteiger partial charge on any atom is 0.376 e. The number of aryl methyl sites for hydroxylation is 2. The third kappa shape index (κ3) is 3.32. The number of benzene rings is 1. The standard InChI is InChI=1S/C15H17N3O2/c1-10-6-4-5-7-12(10)9-16-13-8-11(2)17-14(18-13)15(19)20-3/h4-8H,9H2,1-3H3,(H,16,17,18). The van der Waals surface area contributed by atoms with Gasteiger partial charge in [0, 0.05) is 18.3 Å². The Bertz CT molecular complexity index is 626. The van der Waals surface area contributed by atoms with Crippen LogP contribution in [0.4, 0.5) is 5.82 Å². The highest BCUT2D eigenvalue weighted by molar-refractivity contribution is 5.85. The van der Waals surface area contributed by atoms with Crippen molar-refractivity contribution in [2.45, 2.75) is 20.4 Å². The van der Waals surface area contributed by atoms with Gasteiger partial charge in [0.05, 0.1) is 7.11 Å². The predicted molar refractivity (Wildman–Crippen MR) is 76.6 cm³/mol. The summed E-state index contributed by atoms with van der Waals surface area (Å²) in [6, 6.07) is 9.91. The van der Waals surface area contributed by atoms with E-state index in [9.17, 15) is 4.79 Å². The maximum absolute atomic E-state index is 11.5. The van der Waals surface area contributed by atoms with Crippen LogP contribution in [-0.4, -0.2) is 23.0 Å². The van der Waals surface area contributed by atoms with E-state index in [1.807, 2.05) is 19.1 Å². The van der Waals surface area contributed by atoms with Crippen molar-refractivity contribution in [1.29, 1.82) is 0 Å². The molecule has 0 unspecified atom stereocenters. The monoisotopic (exact) mass is 271 g/mol. The topological polar surface area (TPSA) is 64.1 Å². The van der Waals surface area contributed by atoms with Crippen LogP contribution in [0.15, 0.2) is 30.3 Å². The molecule has 20 heavy (non-hydrogen) atoms. The van der Waals surface area contributed by atoms with E-state index in [1.165, 1.54) is 18.2 Å². The molecule has 0 fully saturated rings. The molecule has 104 valence electrons. The van der Waals surface area contributed by atoms with Gasteiger partial charge in [-0.25, -0.2) is 14.8 Å². The molecule has 0 spiro atoms. The van der Waals surface area contributed by atoms with Crippen LogP contribution >= 0.6 is 0 Å². The average Bonchev–Trinajstić information content (AvgIpc) is 2.45. The van der Waals surface area contributed by atoms with E-state index >= 15 is 0 Å². The Labute approximate surface area is 118 Å². The molecule has 2 rings (SSSR count). The number of nitrogens with zero attached hydrogens (tertiary/aromatic N) is 2. The summed E-state index contributed by atoms with van der Waals surface area (Å²) in [5.74, 6) is 0.147. The zero-order chi connectivity index (χ0) is 14.5. The number of anilines is 1. The van der Waals surface area contributed by atoms with Gasteiger partial charge < -0.3 is 10.1 Å². The van der Waals surface area contributed by atoms with Gasteiger partial charge in [-0.3, -0.25) is 0 Å². The minimum atomic E-state index is -0.535. The summed E-state index contributed by atoms with van der Waals surface area (Å²) in [6.45, 7) is 4.51. The lowest BCUT2D eigenvalue weighted by Crippen LogP contribution is -2.11. The van der Waals surface area contributed by atoms with Crippen LogP contribution in [0.2, 0.25) is 0 Å². The number of carbonyl (C=O) groups excluding carboxylic acids is 1. The SMILES string of the molecule is COC(=O)c1nc(C)cc(NCc2ccccc2C)n1. The zero-order valence-electron chi connectivity index (χ0n) is 11.8. The molecule has 0 saturated carbocycles. The van der Waals surface area contributed by atoms with Crippen molar-refractivity contribution >= 4 is 11.8 Å². The van der Waals surface area contributed by atoms with Crippen LogP contribution in [0.1, 0.15) is 27.4 Å². The van der Waals surface area contributed by atoms with Gasteiger partial charge in [0.25, 0.3) is 0 Å². The first-order valence-electron chi connectivity index (χ1n) is 6.32. The van der Waals surface area contributed by atoms with E-state index in [4.69, 9.17) is 0 Å². The second kappa shape index (κ2) is 6.14. The number of carbonyl (C=O) groups is 1. The summed E-state index contributed by atoms with van der Waals surface area (Å²) in [4.78, 5) is 19.7. The van der Waals surface area contributed by atoms with E-state index in [-0.39, 0.29) is 5.82 Å². The summed E-state index contributed by atoms with van der Waals surface area (Å²) in [5.41, 5.74) is 3.11. The first-order valence-corrected chi connectivity index (χ1v) is 6.32. The van der Waals surface area contributed by atoms with Crippen molar-refractivity contribution in [3.8, 4) is 0 Å². The smallest absolute Gasteiger partial charge is 0.376 e. The molecular weight excluding hydrogens is 254 g/mol. The van der Waals surface area contributed by atoms with Gasteiger partial charge in [0.2, 0.25) is 5.82 Å². The Morgan fingerprint density at radius 3 is 2.70 bits per heavy atom. The molecular formula is C15H17N3O2. The summed E-state index contributed by atoms with van der Waals surface area (Å²) < 4.78 is 4.64. The molecule has 1 N–H and O–H groups in total. The summed E-state index contributed by atoms with van der Waals surface area (Å²) in [5, 5.41) is 3.20. The summed E-state index contributed by atoms with van der Waals surface area (Å²) >= 11 is 0. The molecule has 1 aromatic carbocycles. The van der Waals surface area contributed by atoms with Gasteiger partial charge in [-0.1, -0.05) is 24.3 Å². The summed E-state index contributed by atoms with van der Waals surface area (Å²) in [6.07, 6.45) is 0. The highest BCUT2D eigenvalue weighted by atomic mass is 16.5. The third-order valence-corrected chi connectivity index (χ3v) is 2.94. The van der Waals surface area contributed by atoms with Crippen molar-refractivity contribution < 1.29 is 9.53 Å². The highest BCUT2D eigenvalue weighted by Crippen LogP contribution is 2.12. The van der Waals surface area contributed by atoms with Gasteiger partial charge in [-0.15, -0.1) is 0 Å². The highest BCUT2D eigenvalue weighted by Gasteiger charge is 2.11. The average molecular weight is 271 g/mol. The lowest BCUT2D eigenvalue weighted by Gasteiger charge is -2.09. The molecule has 0 amide bonds. The zero-order valence-corrected chi connectivity index (χ0v) is 11.8. The first kappa shape index (κ1) is 14.0. The lowest BCUT2D eigenvalue weighted by molar-refractivity contribution is 0.0586. The van der Waals surface area contributed by atoms with E-state index in [2.05, 4.69) is 39.1 Å². The minimum Gasteiger partial charge on any atom is -0.463 e. The molecule has 1 aromatic heterocycles. The molecule has 0 saturated heterocycles. The molecule has 0 bridgehead atoms. The van der Waals surface area contributed by atoms with E-state index in [0.29, 0.717) is 18.1 Å². The Morgan fingerprint density at radius 1 is 1.25 bits per heavy atom. The summed E-state index contributed by atoms with van der Waals surface area (Å²) in [7, 11) is 1.31. The van der Waals surface area contributed by atoms with Gasteiger partial charge in [-0.05, 0) is 25.0 Å². The van der Waals surface area contributed by atoms with Crippen molar-refractivity contribution in [2.75, 3.05) is 12.4 Å². The van der Waals surface area contributed by atoms with Gasteiger partial charge >= 0.3 is 5.97 Å². The first-order chi connectivity index (χ1) is 9.60. The Morgan fingerprint density at radius 2 is 2.00 bits per heavy atom. The van der Waals surface area contributed by atoms with Crippen molar-refractivity contribution in [2.24, 2.45) is 0 Å². The fourth-order valence-corrected chi connectivity index (χ4v) is 1.84. The van der Waals surface area contributed by atoms with Crippen LogP contribution in [0.5, 0.6) is 0 Å². The van der Waals surface area contributed by atoms with Crippen LogP contribution in [0, 0.1) is 13.8 Å². The van der Waals surface area contributed by atoms with Crippen molar-refractivity contribution in [1.82, 2.24) is 9.97 Å². The molecule has 5 nitrogen and oxygen atoms in total. The van der Waals surface area contributed by atoms with Crippen LogP contribution in [-0.2, 0) is 11.3 Å².